The van der Waals surface area contributed by atoms with Gasteiger partial charge in [0.25, 0.3) is 0 Å². The van der Waals surface area contributed by atoms with Gasteiger partial charge in [-0.3, -0.25) is 4.79 Å². The smallest absolute Gasteiger partial charge is 0.245 e. The van der Waals surface area contributed by atoms with Crippen LogP contribution in [0, 0.1) is 5.82 Å². The third-order valence-corrected chi connectivity index (χ3v) is 5.87. The zero-order valence-electron chi connectivity index (χ0n) is 18.0. The Morgan fingerprint density at radius 1 is 1.18 bits per heavy atom. The number of rotatable bonds is 7. The Balaban J connectivity index is 1.55. The van der Waals surface area contributed by atoms with Gasteiger partial charge in [-0.15, -0.1) is 0 Å². The van der Waals surface area contributed by atoms with Gasteiger partial charge in [-0.05, 0) is 49.9 Å². The van der Waals surface area contributed by atoms with Crippen LogP contribution >= 0.6 is 11.6 Å². The molecule has 10 heteroatoms. The van der Waals surface area contributed by atoms with Crippen LogP contribution < -0.4 is 20.1 Å². The third kappa shape index (κ3) is 5.43. The van der Waals surface area contributed by atoms with Gasteiger partial charge in [0.15, 0.2) is 11.5 Å². The van der Waals surface area contributed by atoms with Crippen molar-refractivity contribution in [3.8, 4) is 11.5 Å². The van der Waals surface area contributed by atoms with Crippen molar-refractivity contribution in [1.82, 2.24) is 15.3 Å². The molecule has 0 aliphatic heterocycles. The molecule has 33 heavy (non-hydrogen) atoms. The first-order valence-electron chi connectivity index (χ1n) is 10.6. The Bertz CT molecular complexity index is 1150. The van der Waals surface area contributed by atoms with Gasteiger partial charge >= 0.3 is 0 Å². The first kappa shape index (κ1) is 23.0. The minimum atomic E-state index is -0.507. The second-order valence-corrected chi connectivity index (χ2v) is 8.22. The number of aromatic nitrogens is 2. The van der Waals surface area contributed by atoms with E-state index in [1.165, 1.54) is 18.5 Å². The average molecular weight is 475 g/mol. The summed E-state index contributed by atoms with van der Waals surface area (Å²) in [6.45, 7) is -0.507. The fourth-order valence-electron chi connectivity index (χ4n) is 3.90. The van der Waals surface area contributed by atoms with Crippen molar-refractivity contribution in [3.63, 3.8) is 0 Å². The number of benzene rings is 2. The number of nitrogens with zero attached hydrogens (tertiary/aromatic N) is 2. The maximum absolute atomic E-state index is 13.5. The minimum absolute atomic E-state index is 0.00911. The molecule has 0 radical (unpaired) electrons. The van der Waals surface area contributed by atoms with E-state index in [0.717, 1.165) is 25.7 Å². The zero-order valence-corrected chi connectivity index (χ0v) is 18.7. The molecule has 1 saturated carbocycles. The molecule has 3 N–H and O–H groups in total. The number of fused-ring (bicyclic) bond motifs is 1. The van der Waals surface area contributed by atoms with Crippen LogP contribution in [0.3, 0.4) is 0 Å². The van der Waals surface area contributed by atoms with E-state index in [9.17, 15) is 9.18 Å². The molecular weight excluding hydrogens is 451 g/mol. The molecule has 3 aromatic rings. The topological polar surface area (TPSA) is 106 Å². The van der Waals surface area contributed by atoms with Gasteiger partial charge in [-0.2, -0.15) is 0 Å². The Morgan fingerprint density at radius 2 is 1.97 bits per heavy atom. The SMILES string of the molecule is COc1cc2ncnc(Nc3ccc(F)c(Cl)c3)c2cc1OC1CCC(NC(=O)CO)CC1. The molecule has 1 aromatic heterocycles. The summed E-state index contributed by atoms with van der Waals surface area (Å²) in [5.41, 5.74) is 1.24. The second-order valence-electron chi connectivity index (χ2n) is 7.81. The molecule has 8 nitrogen and oxygen atoms in total. The van der Waals surface area contributed by atoms with Crippen LogP contribution in [-0.2, 0) is 4.79 Å². The summed E-state index contributed by atoms with van der Waals surface area (Å²) in [6.07, 6.45) is 4.40. The van der Waals surface area contributed by atoms with Crippen molar-refractivity contribution in [1.29, 1.82) is 0 Å². The quantitative estimate of drug-likeness (QED) is 0.475. The Hall–Kier alpha value is -3.17. The van der Waals surface area contributed by atoms with E-state index < -0.39 is 12.4 Å². The van der Waals surface area contributed by atoms with Crippen LogP contribution in [-0.4, -0.2) is 46.8 Å². The molecule has 0 unspecified atom stereocenters. The highest BCUT2D eigenvalue weighted by molar-refractivity contribution is 6.31. The lowest BCUT2D eigenvalue weighted by atomic mass is 9.93. The molecular formula is C23H24ClFN4O4. The summed E-state index contributed by atoms with van der Waals surface area (Å²) in [5, 5.41) is 15.6. The summed E-state index contributed by atoms with van der Waals surface area (Å²) in [4.78, 5) is 20.1. The average Bonchev–Trinajstić information content (AvgIpc) is 2.82. The monoisotopic (exact) mass is 474 g/mol. The van der Waals surface area contributed by atoms with Crippen LogP contribution in [0.4, 0.5) is 15.9 Å². The van der Waals surface area contributed by atoms with E-state index >= 15 is 0 Å². The van der Waals surface area contributed by atoms with Crippen molar-refractivity contribution in [3.05, 3.63) is 47.5 Å². The van der Waals surface area contributed by atoms with E-state index in [1.807, 2.05) is 6.07 Å². The number of aliphatic hydroxyl groups excluding tert-OH is 1. The molecule has 1 aliphatic rings. The maximum atomic E-state index is 13.5. The lowest BCUT2D eigenvalue weighted by Gasteiger charge is -2.29. The van der Waals surface area contributed by atoms with E-state index in [4.69, 9.17) is 26.2 Å². The highest BCUT2D eigenvalue weighted by Crippen LogP contribution is 2.37. The number of hydrogen-bond acceptors (Lipinski definition) is 7. The van der Waals surface area contributed by atoms with Gasteiger partial charge in [0.2, 0.25) is 5.91 Å². The first-order chi connectivity index (χ1) is 16.0. The summed E-state index contributed by atoms with van der Waals surface area (Å²) in [7, 11) is 1.57. The second kappa shape index (κ2) is 10.2. The predicted molar refractivity (Wildman–Crippen MR) is 123 cm³/mol. The van der Waals surface area contributed by atoms with E-state index in [-0.39, 0.29) is 23.1 Å². The summed E-state index contributed by atoms with van der Waals surface area (Å²) >= 11 is 5.90. The molecule has 0 spiro atoms. The Kier molecular flexibility index (Phi) is 7.10. The number of nitrogens with one attached hydrogen (secondary N) is 2. The first-order valence-corrected chi connectivity index (χ1v) is 11.0. The minimum Gasteiger partial charge on any atom is -0.493 e. The van der Waals surface area contributed by atoms with Crippen LogP contribution in [0.25, 0.3) is 10.9 Å². The van der Waals surface area contributed by atoms with Gasteiger partial charge < -0.3 is 25.2 Å². The number of carbonyl (C=O) groups excluding carboxylic acids is 1. The van der Waals surface area contributed by atoms with Gasteiger partial charge in [0.05, 0.1) is 23.8 Å². The van der Waals surface area contributed by atoms with E-state index in [2.05, 4.69) is 20.6 Å². The maximum Gasteiger partial charge on any atom is 0.245 e. The molecule has 174 valence electrons. The normalized spacial score (nSPS) is 18.1. The summed E-state index contributed by atoms with van der Waals surface area (Å²) in [5.74, 6) is 0.764. The number of hydrogen-bond donors (Lipinski definition) is 3. The largest absolute Gasteiger partial charge is 0.493 e. The molecule has 1 fully saturated rings. The highest BCUT2D eigenvalue weighted by Gasteiger charge is 2.25. The van der Waals surface area contributed by atoms with Crippen molar-refractivity contribution in [2.45, 2.75) is 37.8 Å². The lowest BCUT2D eigenvalue weighted by molar-refractivity contribution is -0.124. The number of amides is 1. The molecule has 4 rings (SSSR count). The van der Waals surface area contributed by atoms with Gasteiger partial charge in [-0.25, -0.2) is 14.4 Å². The van der Waals surface area contributed by atoms with E-state index in [1.54, 1.807) is 19.2 Å². The summed E-state index contributed by atoms with van der Waals surface area (Å²) in [6, 6.07) is 7.98. The molecule has 0 bridgehead atoms. The predicted octanol–water partition coefficient (Wildman–Crippen LogP) is 3.97. The Morgan fingerprint density at radius 3 is 2.67 bits per heavy atom. The van der Waals surface area contributed by atoms with Crippen LogP contribution in [0.15, 0.2) is 36.7 Å². The number of carbonyl (C=O) groups is 1. The van der Waals surface area contributed by atoms with Crippen molar-refractivity contribution in [2.75, 3.05) is 19.0 Å². The number of anilines is 2. The number of halogens is 2. The number of methoxy groups -OCH3 is 1. The molecule has 0 atom stereocenters. The molecule has 1 heterocycles. The lowest BCUT2D eigenvalue weighted by Crippen LogP contribution is -2.40. The number of aliphatic hydroxyl groups is 1. The molecule has 1 aliphatic carbocycles. The van der Waals surface area contributed by atoms with Crippen molar-refractivity contribution in [2.24, 2.45) is 0 Å². The van der Waals surface area contributed by atoms with Crippen molar-refractivity contribution < 1.29 is 23.8 Å². The van der Waals surface area contributed by atoms with Crippen LogP contribution in [0.2, 0.25) is 5.02 Å². The summed E-state index contributed by atoms with van der Waals surface area (Å²) < 4.78 is 25.3. The van der Waals surface area contributed by atoms with Crippen LogP contribution in [0.5, 0.6) is 11.5 Å². The standard InChI is InChI=1S/C23H24ClFN4O4/c1-32-20-10-19-16(23(27-12-26-19)29-14-4-7-18(25)17(24)8-14)9-21(20)33-15-5-2-13(3-6-15)28-22(31)11-30/h4,7-10,12-13,15,30H,2-3,5-6,11H2,1H3,(H,28,31)(H,26,27,29). The fraction of sp³-hybridized carbons (Fsp3) is 0.348. The highest BCUT2D eigenvalue weighted by atomic mass is 35.5. The van der Waals surface area contributed by atoms with Gasteiger partial charge in [-0.1, -0.05) is 11.6 Å². The van der Waals surface area contributed by atoms with E-state index in [0.29, 0.717) is 33.9 Å². The zero-order chi connectivity index (χ0) is 23.4. The van der Waals surface area contributed by atoms with Gasteiger partial charge in [0, 0.05) is 23.2 Å². The fourth-order valence-corrected chi connectivity index (χ4v) is 4.08. The molecule has 2 aromatic carbocycles. The van der Waals surface area contributed by atoms with Gasteiger partial charge in [0.1, 0.15) is 24.6 Å². The van der Waals surface area contributed by atoms with Crippen LogP contribution in [0.1, 0.15) is 25.7 Å². The molecule has 1 amide bonds. The number of ether oxygens (including phenoxy) is 2. The van der Waals surface area contributed by atoms with Crippen molar-refractivity contribution >= 4 is 39.9 Å². The Labute approximate surface area is 195 Å². The molecule has 0 saturated heterocycles. The third-order valence-electron chi connectivity index (χ3n) is 5.58.